The predicted molar refractivity (Wildman–Crippen MR) is 193 cm³/mol. The van der Waals surface area contributed by atoms with Crippen LogP contribution in [0.4, 0.5) is 0 Å². The number of fused-ring (bicyclic) bond motifs is 1. The number of hydrogen-bond donors (Lipinski definition) is 1. The number of unbranched alkanes of at least 4 members (excludes halogenated alkanes) is 24. The number of benzene rings is 2. The molecule has 0 saturated carbocycles. The molecule has 0 aliphatic heterocycles. The van der Waals surface area contributed by atoms with Crippen LogP contribution in [0.3, 0.4) is 0 Å². The summed E-state index contributed by atoms with van der Waals surface area (Å²) in [4.78, 5) is 0.0362. The summed E-state index contributed by atoms with van der Waals surface area (Å²) in [5, 5.41) is 1.58. The maximum absolute atomic E-state index is 12.1. The van der Waals surface area contributed by atoms with Crippen LogP contribution >= 0.6 is 0 Å². The monoisotopic (exact) mass is 628 g/mol. The molecule has 0 unspecified atom stereocenters. The lowest BCUT2D eigenvalue weighted by atomic mass is 9.93. The van der Waals surface area contributed by atoms with E-state index >= 15 is 0 Å². The highest BCUT2D eigenvalue weighted by atomic mass is 32.2. The first-order chi connectivity index (χ1) is 21.5. The van der Waals surface area contributed by atoms with Gasteiger partial charge >= 0.3 is 0 Å². The molecule has 0 atom stereocenters. The minimum atomic E-state index is -4.25. The summed E-state index contributed by atoms with van der Waals surface area (Å²) in [5.74, 6) is 0. The van der Waals surface area contributed by atoms with Crippen molar-refractivity contribution in [1.29, 1.82) is 0 Å². The van der Waals surface area contributed by atoms with E-state index in [4.69, 9.17) is 0 Å². The third-order valence-corrected chi connectivity index (χ3v) is 10.4. The van der Waals surface area contributed by atoms with Gasteiger partial charge in [-0.2, -0.15) is 8.42 Å². The molecule has 0 fully saturated rings. The minimum absolute atomic E-state index is 0.0362. The van der Waals surface area contributed by atoms with Crippen LogP contribution in [0, 0.1) is 0 Å². The highest BCUT2D eigenvalue weighted by Crippen LogP contribution is 2.29. The van der Waals surface area contributed by atoms with E-state index in [9.17, 15) is 13.0 Å². The van der Waals surface area contributed by atoms with E-state index in [0.717, 1.165) is 24.6 Å². The second-order valence-electron chi connectivity index (χ2n) is 13.6. The van der Waals surface area contributed by atoms with Crippen molar-refractivity contribution in [2.75, 3.05) is 0 Å². The Labute approximate surface area is 273 Å². The molecule has 0 saturated heterocycles. The maximum atomic E-state index is 12.1. The van der Waals surface area contributed by atoms with E-state index in [1.807, 2.05) is 6.07 Å². The summed E-state index contributed by atoms with van der Waals surface area (Å²) >= 11 is 0. The SMILES string of the molecule is CCCCCCCCCCCCCCCc1cc2cccc(S(=O)(=O)O)c2cc1CCCCCCCCCCCCCCC. The van der Waals surface area contributed by atoms with Crippen molar-refractivity contribution in [3.63, 3.8) is 0 Å². The second kappa shape index (κ2) is 24.8. The van der Waals surface area contributed by atoms with Gasteiger partial charge in [-0.3, -0.25) is 4.55 Å². The van der Waals surface area contributed by atoms with Gasteiger partial charge in [0.15, 0.2) is 0 Å². The Morgan fingerprint density at radius 1 is 0.477 bits per heavy atom. The molecule has 44 heavy (non-hydrogen) atoms. The third kappa shape index (κ3) is 17.3. The van der Waals surface area contributed by atoms with Crippen molar-refractivity contribution < 1.29 is 13.0 Å². The van der Waals surface area contributed by atoms with Crippen molar-refractivity contribution in [2.45, 2.75) is 199 Å². The zero-order valence-corrected chi connectivity index (χ0v) is 29.7. The fourth-order valence-corrected chi connectivity index (χ4v) is 7.45. The van der Waals surface area contributed by atoms with Crippen LogP contribution in [-0.4, -0.2) is 13.0 Å². The molecule has 0 aromatic heterocycles. The van der Waals surface area contributed by atoms with Crippen LogP contribution in [0.15, 0.2) is 35.2 Å². The molecule has 3 nitrogen and oxygen atoms in total. The molecule has 0 spiro atoms. The molecular formula is C40H68O3S. The van der Waals surface area contributed by atoms with E-state index in [-0.39, 0.29) is 4.90 Å². The van der Waals surface area contributed by atoms with Crippen molar-refractivity contribution in [2.24, 2.45) is 0 Å². The zero-order valence-electron chi connectivity index (χ0n) is 28.9. The Morgan fingerprint density at radius 3 is 1.18 bits per heavy atom. The zero-order chi connectivity index (χ0) is 31.7. The van der Waals surface area contributed by atoms with Crippen LogP contribution in [0.25, 0.3) is 10.8 Å². The van der Waals surface area contributed by atoms with Gasteiger partial charge in [-0.25, -0.2) is 0 Å². The summed E-state index contributed by atoms with van der Waals surface area (Å²) in [5.41, 5.74) is 2.64. The quantitative estimate of drug-likeness (QED) is 0.0720. The van der Waals surface area contributed by atoms with Gasteiger partial charge in [0, 0.05) is 5.39 Å². The molecule has 0 aliphatic rings. The van der Waals surface area contributed by atoms with Gasteiger partial charge in [-0.05, 0) is 54.3 Å². The summed E-state index contributed by atoms with van der Waals surface area (Å²) in [6, 6.07) is 9.51. The molecule has 252 valence electrons. The maximum Gasteiger partial charge on any atom is 0.295 e. The topological polar surface area (TPSA) is 54.4 Å². The van der Waals surface area contributed by atoms with Crippen molar-refractivity contribution in [3.05, 3.63) is 41.5 Å². The standard InChI is InChI=1S/C40H68O3S/c1-3-5-7-9-11-13-15-17-19-21-23-25-27-30-36-34-38-32-29-33-40(44(41,42)43)39(38)35-37(36)31-28-26-24-22-20-18-16-14-12-10-8-6-4-2/h29,32-35H,3-28,30-31H2,1-2H3,(H,41,42,43). The Bertz CT molecular complexity index is 1090. The van der Waals surface area contributed by atoms with Gasteiger partial charge in [-0.1, -0.05) is 186 Å². The van der Waals surface area contributed by atoms with Gasteiger partial charge in [-0.15, -0.1) is 0 Å². The molecule has 2 aromatic carbocycles. The lowest BCUT2D eigenvalue weighted by Gasteiger charge is -2.14. The molecule has 0 heterocycles. The molecule has 4 heteroatoms. The van der Waals surface area contributed by atoms with Crippen molar-refractivity contribution >= 4 is 20.9 Å². The Morgan fingerprint density at radius 2 is 0.818 bits per heavy atom. The average Bonchev–Trinajstić information content (AvgIpc) is 3.01. The summed E-state index contributed by atoms with van der Waals surface area (Å²) < 4.78 is 34.0. The first-order valence-electron chi connectivity index (χ1n) is 19.0. The first kappa shape index (κ1) is 38.8. The van der Waals surface area contributed by atoms with Crippen LogP contribution in [0.1, 0.15) is 192 Å². The fraction of sp³-hybridized carbons (Fsp3) is 0.750. The molecule has 2 aromatic rings. The highest BCUT2D eigenvalue weighted by Gasteiger charge is 2.16. The average molecular weight is 629 g/mol. The van der Waals surface area contributed by atoms with E-state index in [2.05, 4.69) is 26.0 Å². The summed E-state index contributed by atoms with van der Waals surface area (Å²) in [6.07, 6.45) is 37.1. The lowest BCUT2D eigenvalue weighted by Crippen LogP contribution is -2.02. The second-order valence-corrected chi connectivity index (χ2v) is 14.9. The Balaban J connectivity index is 1.75. The van der Waals surface area contributed by atoms with Gasteiger partial charge < -0.3 is 0 Å². The smallest absolute Gasteiger partial charge is 0.282 e. The lowest BCUT2D eigenvalue weighted by molar-refractivity contribution is 0.484. The van der Waals surface area contributed by atoms with Gasteiger partial charge in [0.05, 0.1) is 0 Å². The van der Waals surface area contributed by atoms with Crippen molar-refractivity contribution in [3.8, 4) is 0 Å². The fourth-order valence-electron chi connectivity index (χ4n) is 6.75. The molecule has 2 rings (SSSR count). The Hall–Kier alpha value is -1.39. The van der Waals surface area contributed by atoms with Gasteiger partial charge in [0.2, 0.25) is 0 Å². The van der Waals surface area contributed by atoms with E-state index in [1.54, 1.807) is 6.07 Å². The number of rotatable bonds is 29. The minimum Gasteiger partial charge on any atom is -0.282 e. The molecule has 0 aliphatic carbocycles. The van der Waals surface area contributed by atoms with Crippen molar-refractivity contribution in [1.82, 2.24) is 0 Å². The highest BCUT2D eigenvalue weighted by molar-refractivity contribution is 7.86. The van der Waals surface area contributed by atoms with E-state index in [0.29, 0.717) is 5.39 Å². The number of aryl methyl sites for hydroxylation is 2. The predicted octanol–water partition coefficient (Wildman–Crippen LogP) is 13.4. The summed E-state index contributed by atoms with van der Waals surface area (Å²) in [7, 11) is -4.25. The normalized spacial score (nSPS) is 12.0. The molecule has 0 bridgehead atoms. The van der Waals surface area contributed by atoms with Crippen LogP contribution in [0.2, 0.25) is 0 Å². The van der Waals surface area contributed by atoms with Gasteiger partial charge in [0.25, 0.3) is 10.1 Å². The molecular weight excluding hydrogens is 561 g/mol. The number of hydrogen-bond acceptors (Lipinski definition) is 2. The largest absolute Gasteiger partial charge is 0.295 e. The van der Waals surface area contributed by atoms with Gasteiger partial charge in [0.1, 0.15) is 4.90 Å². The van der Waals surface area contributed by atoms with Crippen LogP contribution in [0.5, 0.6) is 0 Å². The van der Waals surface area contributed by atoms with E-state index < -0.39 is 10.1 Å². The molecule has 0 amide bonds. The van der Waals surface area contributed by atoms with Crippen LogP contribution < -0.4 is 0 Å². The van der Waals surface area contributed by atoms with E-state index in [1.165, 1.54) is 178 Å². The first-order valence-corrected chi connectivity index (χ1v) is 20.4. The molecule has 0 radical (unpaired) electrons. The summed E-state index contributed by atoms with van der Waals surface area (Å²) in [6.45, 7) is 4.56. The Kier molecular flexibility index (Phi) is 21.9. The van der Waals surface area contributed by atoms with Crippen LogP contribution in [-0.2, 0) is 23.0 Å². The molecule has 1 N–H and O–H groups in total. The third-order valence-electron chi connectivity index (χ3n) is 9.54.